The molecule has 0 atom stereocenters. The van der Waals surface area contributed by atoms with Crippen molar-refractivity contribution in [2.45, 2.75) is 20.5 Å². The highest BCUT2D eigenvalue weighted by Gasteiger charge is 2.24. The summed E-state index contributed by atoms with van der Waals surface area (Å²) in [5, 5.41) is 2.96. The number of furan rings is 1. The lowest BCUT2D eigenvalue weighted by Crippen LogP contribution is -2.16. The number of fused-ring (bicyclic) bond motifs is 1. The van der Waals surface area contributed by atoms with E-state index in [9.17, 15) is 14.4 Å². The van der Waals surface area contributed by atoms with Crippen molar-refractivity contribution in [2.24, 2.45) is 0 Å². The molecule has 0 aliphatic carbocycles. The number of anilines is 2. The number of rotatable bonds is 7. The largest absolute Gasteiger partial charge is 0.462 e. The summed E-state index contributed by atoms with van der Waals surface area (Å²) in [6, 6.07) is 15.1. The first-order valence-corrected chi connectivity index (χ1v) is 10.7. The Balaban J connectivity index is 1.52. The number of aromatic nitrogens is 2. The minimum absolute atomic E-state index is 0.00326. The predicted octanol–water partition coefficient (Wildman–Crippen LogP) is 3.90. The van der Waals surface area contributed by atoms with Crippen molar-refractivity contribution in [3.8, 4) is 0 Å². The Hall–Kier alpha value is -4.73. The van der Waals surface area contributed by atoms with E-state index in [1.165, 1.54) is 6.07 Å². The second-order valence-corrected chi connectivity index (χ2v) is 7.40. The zero-order valence-electron chi connectivity index (χ0n) is 19.0. The quantitative estimate of drug-likeness (QED) is 0.381. The number of nitrogens with two attached hydrogens (primary N) is 1. The van der Waals surface area contributed by atoms with Crippen LogP contribution in [0.4, 0.5) is 11.5 Å². The monoisotopic (exact) mass is 474 g/mol. The molecular weight excluding hydrogens is 452 g/mol. The van der Waals surface area contributed by atoms with Crippen molar-refractivity contribution in [3.63, 3.8) is 0 Å². The van der Waals surface area contributed by atoms with Crippen molar-refractivity contribution in [2.75, 3.05) is 17.7 Å². The number of amides is 1. The topological polar surface area (TPSA) is 147 Å². The lowest BCUT2D eigenvalue weighted by Gasteiger charge is -2.11. The Bertz CT molecular complexity index is 1410. The van der Waals surface area contributed by atoms with Gasteiger partial charge in [0.15, 0.2) is 12.4 Å². The van der Waals surface area contributed by atoms with Crippen molar-refractivity contribution in [1.82, 2.24) is 9.97 Å². The normalized spacial score (nSPS) is 10.7. The summed E-state index contributed by atoms with van der Waals surface area (Å²) < 4.78 is 16.0. The summed E-state index contributed by atoms with van der Waals surface area (Å²) >= 11 is 0. The maximum absolute atomic E-state index is 12.8. The van der Waals surface area contributed by atoms with Crippen molar-refractivity contribution in [1.29, 1.82) is 0 Å². The van der Waals surface area contributed by atoms with Gasteiger partial charge in [-0.25, -0.2) is 14.6 Å². The van der Waals surface area contributed by atoms with Gasteiger partial charge in [0, 0.05) is 5.56 Å². The molecule has 0 unspecified atom stereocenters. The van der Waals surface area contributed by atoms with Crippen molar-refractivity contribution >= 4 is 40.5 Å². The van der Waals surface area contributed by atoms with Crippen LogP contribution in [0.25, 0.3) is 11.1 Å². The third-order valence-corrected chi connectivity index (χ3v) is 5.05. The van der Waals surface area contributed by atoms with E-state index < -0.39 is 11.9 Å². The average Bonchev–Trinajstić information content (AvgIpc) is 3.20. The number of para-hydroxylation sites is 1. The number of aryl methyl sites for hydroxylation is 1. The van der Waals surface area contributed by atoms with Crippen molar-refractivity contribution in [3.05, 3.63) is 82.9 Å². The molecule has 3 N–H and O–H groups in total. The van der Waals surface area contributed by atoms with Crippen LogP contribution in [0.1, 0.15) is 49.6 Å². The minimum Gasteiger partial charge on any atom is -0.462 e. The van der Waals surface area contributed by atoms with Gasteiger partial charge in [-0.3, -0.25) is 4.79 Å². The average molecular weight is 474 g/mol. The van der Waals surface area contributed by atoms with Gasteiger partial charge in [0.25, 0.3) is 5.91 Å². The molecule has 178 valence electrons. The second kappa shape index (κ2) is 10.0. The lowest BCUT2D eigenvalue weighted by molar-refractivity contribution is 0.0462. The zero-order valence-corrected chi connectivity index (χ0v) is 19.0. The van der Waals surface area contributed by atoms with Crippen LogP contribution in [0.5, 0.6) is 0 Å². The Kier molecular flexibility index (Phi) is 6.72. The number of ether oxygens (including phenoxy) is 2. The zero-order chi connectivity index (χ0) is 24.9. The highest BCUT2D eigenvalue weighted by molar-refractivity contribution is 6.08. The first kappa shape index (κ1) is 23.4. The molecule has 0 saturated heterocycles. The van der Waals surface area contributed by atoms with E-state index in [-0.39, 0.29) is 58.8 Å². The molecule has 4 aromatic rings. The van der Waals surface area contributed by atoms with Crippen LogP contribution in [0.2, 0.25) is 0 Å². The molecule has 35 heavy (non-hydrogen) atoms. The predicted molar refractivity (Wildman–Crippen MR) is 127 cm³/mol. The molecule has 1 amide bonds. The molecule has 0 bridgehead atoms. The Labute approximate surface area is 200 Å². The number of esters is 2. The van der Waals surface area contributed by atoms with Gasteiger partial charge in [-0.2, -0.15) is 4.98 Å². The fourth-order valence-electron chi connectivity index (χ4n) is 3.46. The number of hydrogen-bond donors (Lipinski definition) is 2. The molecule has 0 saturated carbocycles. The van der Waals surface area contributed by atoms with E-state index in [0.717, 1.165) is 0 Å². The smallest absolute Gasteiger partial charge is 0.342 e. The third kappa shape index (κ3) is 4.96. The van der Waals surface area contributed by atoms with Gasteiger partial charge in [0.2, 0.25) is 5.71 Å². The van der Waals surface area contributed by atoms with Crippen LogP contribution in [-0.2, 0) is 16.1 Å². The summed E-state index contributed by atoms with van der Waals surface area (Å²) in [4.78, 5) is 45.9. The van der Waals surface area contributed by atoms with Gasteiger partial charge in [0.05, 0.1) is 23.2 Å². The highest BCUT2D eigenvalue weighted by Crippen LogP contribution is 2.29. The van der Waals surface area contributed by atoms with Crippen LogP contribution < -0.4 is 11.1 Å². The summed E-state index contributed by atoms with van der Waals surface area (Å²) in [5.41, 5.74) is 7.19. The Morgan fingerprint density at radius 2 is 1.69 bits per heavy atom. The van der Waals surface area contributed by atoms with E-state index in [4.69, 9.17) is 19.6 Å². The first-order chi connectivity index (χ1) is 16.9. The Morgan fingerprint density at radius 1 is 0.971 bits per heavy atom. The molecule has 10 nitrogen and oxygen atoms in total. The number of nitrogens with one attached hydrogen (secondary N) is 1. The Morgan fingerprint density at radius 3 is 2.43 bits per heavy atom. The summed E-state index contributed by atoms with van der Waals surface area (Å²) in [6.45, 7) is 3.16. The standard InChI is InChI=1S/C25H22N4O6/c1-3-33-25(32)19-14(2)35-23-20(19)21(26)28-18(29-23)13-34-24(31)16-11-7-8-12-17(16)27-22(30)15-9-5-4-6-10-15/h4-12H,3,13H2,1-2H3,(H,27,30)(H2,26,28,29). The van der Waals surface area contributed by atoms with E-state index in [2.05, 4.69) is 15.3 Å². The molecule has 2 aromatic heterocycles. The van der Waals surface area contributed by atoms with E-state index in [1.807, 2.05) is 0 Å². The molecule has 0 radical (unpaired) electrons. The van der Waals surface area contributed by atoms with Crippen LogP contribution in [0, 0.1) is 6.92 Å². The lowest BCUT2D eigenvalue weighted by atomic mass is 10.1. The fourth-order valence-corrected chi connectivity index (χ4v) is 3.46. The number of nitrogen functional groups attached to an aromatic ring is 1. The van der Waals surface area contributed by atoms with Gasteiger partial charge < -0.3 is 24.9 Å². The number of carbonyl (C=O) groups excluding carboxylic acids is 3. The van der Waals surface area contributed by atoms with Crippen LogP contribution in [0.15, 0.2) is 59.0 Å². The van der Waals surface area contributed by atoms with E-state index >= 15 is 0 Å². The molecule has 10 heteroatoms. The molecule has 0 aliphatic rings. The molecule has 0 aliphatic heterocycles. The first-order valence-electron chi connectivity index (χ1n) is 10.7. The molecule has 4 rings (SSSR count). The minimum atomic E-state index is -0.695. The van der Waals surface area contributed by atoms with Crippen LogP contribution in [0.3, 0.4) is 0 Å². The molecule has 0 spiro atoms. The van der Waals surface area contributed by atoms with Gasteiger partial charge in [0.1, 0.15) is 17.1 Å². The maximum Gasteiger partial charge on any atom is 0.342 e. The van der Waals surface area contributed by atoms with Gasteiger partial charge in [-0.05, 0) is 38.1 Å². The molecule has 2 aromatic carbocycles. The second-order valence-electron chi connectivity index (χ2n) is 7.40. The number of nitrogens with zero attached hydrogens (tertiary/aromatic N) is 2. The maximum atomic E-state index is 12.8. The third-order valence-electron chi connectivity index (χ3n) is 5.05. The van der Waals surface area contributed by atoms with Crippen LogP contribution in [-0.4, -0.2) is 34.4 Å². The number of benzene rings is 2. The van der Waals surface area contributed by atoms with Crippen LogP contribution >= 0.6 is 0 Å². The molecular formula is C25H22N4O6. The van der Waals surface area contributed by atoms with E-state index in [1.54, 1.807) is 62.4 Å². The highest BCUT2D eigenvalue weighted by atomic mass is 16.5. The summed E-state index contributed by atoms with van der Waals surface area (Å²) in [6.07, 6.45) is 0. The van der Waals surface area contributed by atoms with Gasteiger partial charge in [-0.1, -0.05) is 30.3 Å². The summed E-state index contributed by atoms with van der Waals surface area (Å²) in [7, 11) is 0. The molecule has 2 heterocycles. The van der Waals surface area contributed by atoms with Gasteiger partial charge >= 0.3 is 11.9 Å². The number of carbonyl (C=O) groups is 3. The fraction of sp³-hybridized carbons (Fsp3) is 0.160. The van der Waals surface area contributed by atoms with E-state index in [0.29, 0.717) is 11.3 Å². The van der Waals surface area contributed by atoms with Crippen molar-refractivity contribution < 1.29 is 28.3 Å². The molecule has 0 fully saturated rings. The SMILES string of the molecule is CCOC(=O)c1c(C)oc2nc(COC(=O)c3ccccc3NC(=O)c3ccccc3)nc(N)c12. The summed E-state index contributed by atoms with van der Waals surface area (Å²) in [5.74, 6) is -1.28. The number of hydrogen-bond acceptors (Lipinski definition) is 9. The van der Waals surface area contributed by atoms with Gasteiger partial charge in [-0.15, -0.1) is 0 Å².